The van der Waals surface area contributed by atoms with E-state index >= 15 is 0 Å². The largest absolute Gasteiger partial charge is 0.490 e. The molecule has 0 atom stereocenters. The lowest BCUT2D eigenvalue weighted by Gasteiger charge is -2.26. The van der Waals surface area contributed by atoms with Crippen molar-refractivity contribution in [1.82, 2.24) is 4.90 Å². The molecule has 0 spiro atoms. The Morgan fingerprint density at radius 3 is 2.61 bits per heavy atom. The van der Waals surface area contributed by atoms with Gasteiger partial charge in [-0.2, -0.15) is 0 Å². The van der Waals surface area contributed by atoms with Crippen molar-refractivity contribution in [3.8, 4) is 5.75 Å². The monoisotopic (exact) mass is 322 g/mol. The van der Waals surface area contributed by atoms with Crippen molar-refractivity contribution in [2.75, 3.05) is 45.2 Å². The number of nitrogens with zero attached hydrogens (tertiary/aromatic N) is 1. The molecular weight excluding hydrogens is 296 g/mol. The summed E-state index contributed by atoms with van der Waals surface area (Å²) in [7, 11) is 0. The van der Waals surface area contributed by atoms with E-state index in [0.29, 0.717) is 23.6 Å². The first kappa shape index (κ1) is 17.6. The Balaban J connectivity index is 1.87. The molecule has 1 saturated heterocycles. The number of hydrogen-bond acceptors (Lipinski definition) is 6. The fraction of sp³-hybridized carbons (Fsp3) is 0.588. The molecule has 0 radical (unpaired) electrons. The summed E-state index contributed by atoms with van der Waals surface area (Å²) < 4.78 is 16.3. The molecule has 1 aromatic rings. The number of nitrogens with two attached hydrogens (primary N) is 1. The van der Waals surface area contributed by atoms with E-state index in [1.54, 1.807) is 18.2 Å². The van der Waals surface area contributed by atoms with Gasteiger partial charge in [-0.3, -0.25) is 4.90 Å². The molecule has 2 rings (SSSR count). The van der Waals surface area contributed by atoms with Crippen LogP contribution in [0.1, 0.15) is 31.1 Å². The Labute approximate surface area is 137 Å². The molecule has 0 aliphatic carbocycles. The number of carbonyl (C=O) groups excluding carboxylic acids is 1. The second kappa shape index (κ2) is 7.66. The number of nitrogen functional groups attached to an aromatic ring is 1. The molecule has 0 unspecified atom stereocenters. The minimum Gasteiger partial charge on any atom is -0.490 e. The first-order valence-corrected chi connectivity index (χ1v) is 7.91. The normalized spacial score (nSPS) is 16.1. The van der Waals surface area contributed by atoms with Crippen LogP contribution in [0.25, 0.3) is 0 Å². The third kappa shape index (κ3) is 5.73. The lowest BCUT2D eigenvalue weighted by molar-refractivity contribution is 0.00696. The fourth-order valence-electron chi connectivity index (χ4n) is 2.25. The van der Waals surface area contributed by atoms with Crippen molar-refractivity contribution in [2.45, 2.75) is 26.4 Å². The number of rotatable bonds is 5. The van der Waals surface area contributed by atoms with Crippen LogP contribution in [0.15, 0.2) is 18.2 Å². The molecule has 128 valence electrons. The molecule has 1 aromatic carbocycles. The van der Waals surface area contributed by atoms with Crippen LogP contribution in [0.3, 0.4) is 0 Å². The minimum absolute atomic E-state index is 0.385. The van der Waals surface area contributed by atoms with Crippen molar-refractivity contribution in [2.24, 2.45) is 0 Å². The molecule has 0 saturated carbocycles. The summed E-state index contributed by atoms with van der Waals surface area (Å²) in [6, 6.07) is 4.99. The van der Waals surface area contributed by atoms with Crippen molar-refractivity contribution in [3.05, 3.63) is 23.8 Å². The van der Waals surface area contributed by atoms with Crippen LogP contribution in [-0.2, 0) is 9.47 Å². The molecule has 1 fully saturated rings. The van der Waals surface area contributed by atoms with E-state index in [1.165, 1.54) is 0 Å². The third-order valence-electron chi connectivity index (χ3n) is 3.41. The Hall–Kier alpha value is -1.79. The summed E-state index contributed by atoms with van der Waals surface area (Å²) in [5, 5.41) is 0. The van der Waals surface area contributed by atoms with Gasteiger partial charge in [0.2, 0.25) is 0 Å². The summed E-state index contributed by atoms with van der Waals surface area (Å²) in [4.78, 5) is 14.3. The molecule has 6 nitrogen and oxygen atoms in total. The predicted octanol–water partition coefficient (Wildman–Crippen LogP) is 1.94. The summed E-state index contributed by atoms with van der Waals surface area (Å²) >= 11 is 0. The second-order valence-corrected chi connectivity index (χ2v) is 6.56. The smallest absolute Gasteiger partial charge is 0.338 e. The summed E-state index contributed by atoms with van der Waals surface area (Å²) in [6.45, 7) is 10.3. The van der Waals surface area contributed by atoms with Crippen LogP contribution in [-0.4, -0.2) is 55.9 Å². The van der Waals surface area contributed by atoms with E-state index in [4.69, 9.17) is 19.9 Å². The molecule has 1 aliphatic heterocycles. The van der Waals surface area contributed by atoms with Crippen LogP contribution in [0.4, 0.5) is 5.69 Å². The van der Waals surface area contributed by atoms with Crippen molar-refractivity contribution < 1.29 is 19.0 Å². The topological polar surface area (TPSA) is 74.0 Å². The van der Waals surface area contributed by atoms with E-state index in [-0.39, 0.29) is 5.97 Å². The number of benzene rings is 1. The first-order chi connectivity index (χ1) is 10.8. The van der Waals surface area contributed by atoms with Gasteiger partial charge >= 0.3 is 5.97 Å². The number of hydrogen-bond donors (Lipinski definition) is 1. The zero-order valence-corrected chi connectivity index (χ0v) is 14.1. The van der Waals surface area contributed by atoms with Gasteiger partial charge < -0.3 is 19.9 Å². The van der Waals surface area contributed by atoms with E-state index in [0.717, 1.165) is 32.8 Å². The summed E-state index contributed by atoms with van der Waals surface area (Å²) in [5.74, 6) is 0.203. The quantitative estimate of drug-likeness (QED) is 0.659. The van der Waals surface area contributed by atoms with E-state index in [9.17, 15) is 4.79 Å². The predicted molar refractivity (Wildman–Crippen MR) is 88.8 cm³/mol. The third-order valence-corrected chi connectivity index (χ3v) is 3.41. The van der Waals surface area contributed by atoms with Gasteiger partial charge in [0.05, 0.1) is 24.5 Å². The first-order valence-electron chi connectivity index (χ1n) is 7.91. The molecule has 0 amide bonds. The van der Waals surface area contributed by atoms with Crippen molar-refractivity contribution >= 4 is 11.7 Å². The fourth-order valence-corrected chi connectivity index (χ4v) is 2.25. The molecule has 2 N–H and O–H groups in total. The van der Waals surface area contributed by atoms with Crippen LogP contribution in [0, 0.1) is 0 Å². The number of anilines is 1. The van der Waals surface area contributed by atoms with Gasteiger partial charge in [-0.05, 0) is 39.0 Å². The van der Waals surface area contributed by atoms with Crippen LogP contribution in [0.5, 0.6) is 5.75 Å². The van der Waals surface area contributed by atoms with Gasteiger partial charge in [0, 0.05) is 19.6 Å². The summed E-state index contributed by atoms with van der Waals surface area (Å²) in [5.41, 5.74) is 6.32. The highest BCUT2D eigenvalue weighted by atomic mass is 16.6. The number of ether oxygens (including phenoxy) is 3. The van der Waals surface area contributed by atoms with Gasteiger partial charge in [-0.15, -0.1) is 0 Å². The van der Waals surface area contributed by atoms with Gasteiger partial charge in [0.25, 0.3) is 0 Å². The molecule has 0 aromatic heterocycles. The zero-order valence-electron chi connectivity index (χ0n) is 14.1. The molecule has 6 heteroatoms. The Kier molecular flexibility index (Phi) is 5.85. The maximum Gasteiger partial charge on any atom is 0.338 e. The maximum atomic E-state index is 12.0. The molecule has 0 bridgehead atoms. The molecular formula is C17H26N2O4. The van der Waals surface area contributed by atoms with Gasteiger partial charge in [-0.1, -0.05) is 0 Å². The highest BCUT2D eigenvalue weighted by molar-refractivity contribution is 5.91. The Morgan fingerprint density at radius 1 is 1.30 bits per heavy atom. The van der Waals surface area contributed by atoms with Crippen LogP contribution >= 0.6 is 0 Å². The van der Waals surface area contributed by atoms with Gasteiger partial charge in [-0.25, -0.2) is 4.79 Å². The average molecular weight is 322 g/mol. The van der Waals surface area contributed by atoms with Crippen LogP contribution in [0.2, 0.25) is 0 Å². The maximum absolute atomic E-state index is 12.0. The van der Waals surface area contributed by atoms with E-state index < -0.39 is 5.60 Å². The molecule has 1 heterocycles. The van der Waals surface area contributed by atoms with Crippen molar-refractivity contribution in [3.63, 3.8) is 0 Å². The van der Waals surface area contributed by atoms with E-state index in [2.05, 4.69) is 4.90 Å². The molecule has 1 aliphatic rings. The average Bonchev–Trinajstić information content (AvgIpc) is 2.48. The highest BCUT2D eigenvalue weighted by Crippen LogP contribution is 2.24. The van der Waals surface area contributed by atoms with E-state index in [1.807, 2.05) is 20.8 Å². The number of esters is 1. The number of morpholine rings is 1. The van der Waals surface area contributed by atoms with Gasteiger partial charge in [0.1, 0.15) is 18.0 Å². The molecule has 23 heavy (non-hydrogen) atoms. The lowest BCUT2D eigenvalue weighted by Crippen LogP contribution is -2.38. The summed E-state index contributed by atoms with van der Waals surface area (Å²) in [6.07, 6.45) is 0. The minimum atomic E-state index is -0.529. The standard InChI is InChI=1S/C17H26N2O4/c1-17(2,3)23-16(20)13-4-5-15(14(18)12-13)22-11-8-19-6-9-21-10-7-19/h4-5,12H,6-11,18H2,1-3H3. The second-order valence-electron chi connectivity index (χ2n) is 6.56. The lowest BCUT2D eigenvalue weighted by atomic mass is 10.1. The number of carbonyl (C=O) groups is 1. The highest BCUT2D eigenvalue weighted by Gasteiger charge is 2.18. The zero-order chi connectivity index (χ0) is 16.9. The van der Waals surface area contributed by atoms with Crippen LogP contribution < -0.4 is 10.5 Å². The Bertz CT molecular complexity index is 534. The van der Waals surface area contributed by atoms with Crippen molar-refractivity contribution in [1.29, 1.82) is 0 Å². The Morgan fingerprint density at radius 2 is 2.00 bits per heavy atom. The van der Waals surface area contributed by atoms with Gasteiger partial charge in [0.15, 0.2) is 0 Å². The SMILES string of the molecule is CC(C)(C)OC(=O)c1ccc(OCCN2CCOCC2)c(N)c1.